The van der Waals surface area contributed by atoms with E-state index in [1.807, 2.05) is 24.3 Å². The number of hydrogen-bond donors (Lipinski definition) is 1. The average molecular weight is 465 g/mol. The molecule has 5 rings (SSSR count). The largest absolute Gasteiger partial charge is 0.486 e. The molecule has 0 unspecified atom stereocenters. The number of benzene rings is 1. The smallest absolute Gasteiger partial charge is 0.407 e. The monoisotopic (exact) mass is 464 g/mol. The molecule has 2 aliphatic rings. The predicted octanol–water partition coefficient (Wildman–Crippen LogP) is 2.81. The van der Waals surface area contributed by atoms with Crippen LogP contribution in [0.1, 0.15) is 18.4 Å². The molecule has 0 spiro atoms. The van der Waals surface area contributed by atoms with Crippen LogP contribution in [0.15, 0.2) is 53.6 Å². The molecule has 9 nitrogen and oxygen atoms in total. The second-order valence-electron chi connectivity index (χ2n) is 8.72. The maximum Gasteiger partial charge on any atom is 0.407 e. The third kappa shape index (κ3) is 4.70. The van der Waals surface area contributed by atoms with Crippen LogP contribution in [0.2, 0.25) is 0 Å². The molecule has 1 fully saturated rings. The molecule has 1 aromatic carbocycles. The number of hydrogen-bond acceptors (Lipinski definition) is 6. The maximum atomic E-state index is 12.4. The van der Waals surface area contributed by atoms with Gasteiger partial charge in [-0.2, -0.15) is 0 Å². The molecular formula is C25H28N4O5. The minimum absolute atomic E-state index is 0.0231. The van der Waals surface area contributed by atoms with Gasteiger partial charge in [-0.3, -0.25) is 9.78 Å². The minimum atomic E-state index is -0.913. The Morgan fingerprint density at radius 2 is 1.85 bits per heavy atom. The molecule has 0 saturated carbocycles. The van der Waals surface area contributed by atoms with Crippen molar-refractivity contribution < 1.29 is 19.4 Å². The van der Waals surface area contributed by atoms with Gasteiger partial charge in [0, 0.05) is 62.6 Å². The van der Waals surface area contributed by atoms with E-state index in [1.54, 1.807) is 29.1 Å². The summed E-state index contributed by atoms with van der Waals surface area (Å²) in [5, 5.41) is 10.8. The summed E-state index contributed by atoms with van der Waals surface area (Å²) in [6, 6.07) is 10.8. The minimum Gasteiger partial charge on any atom is -0.486 e. The Bertz CT molecular complexity index is 1240. The van der Waals surface area contributed by atoms with Gasteiger partial charge >= 0.3 is 6.09 Å². The number of amides is 1. The number of carboxylic acid groups (broad SMARTS) is 1. The summed E-state index contributed by atoms with van der Waals surface area (Å²) in [4.78, 5) is 32.4. The molecule has 1 N–H and O–H groups in total. The molecule has 0 radical (unpaired) electrons. The van der Waals surface area contributed by atoms with Gasteiger partial charge in [0.05, 0.1) is 5.52 Å². The summed E-state index contributed by atoms with van der Waals surface area (Å²) < 4.78 is 13.0. The topological polar surface area (TPSA) is 97.1 Å². The number of carbonyl (C=O) groups is 1. The van der Waals surface area contributed by atoms with Crippen LogP contribution < -0.4 is 15.0 Å². The highest BCUT2D eigenvalue weighted by Gasteiger charge is 2.28. The Balaban J connectivity index is 1.20. The molecule has 1 saturated heterocycles. The van der Waals surface area contributed by atoms with Gasteiger partial charge in [-0.15, -0.1) is 0 Å². The van der Waals surface area contributed by atoms with Gasteiger partial charge < -0.3 is 28.9 Å². The zero-order valence-corrected chi connectivity index (χ0v) is 18.9. The molecular weight excluding hydrogens is 436 g/mol. The van der Waals surface area contributed by atoms with Crippen LogP contribution in [0, 0.1) is 0 Å². The third-order valence-electron chi connectivity index (χ3n) is 6.63. The standard InChI is InChI=1S/C25H28N4O5/c30-24-4-2-19-16-26-8-5-21(19)28(24)12-11-27-9-6-20(7-10-27)29(25(31)32)17-18-1-3-22-23(15-18)34-14-13-33-22/h1-5,8,15-16,20H,6-7,9-14,17H2,(H,31,32). The van der Waals surface area contributed by atoms with Crippen LogP contribution in [0.4, 0.5) is 4.79 Å². The van der Waals surface area contributed by atoms with Crippen LogP contribution in [0.3, 0.4) is 0 Å². The number of aromatic nitrogens is 2. The highest BCUT2D eigenvalue weighted by atomic mass is 16.6. The fourth-order valence-corrected chi connectivity index (χ4v) is 4.81. The first-order chi connectivity index (χ1) is 16.6. The Hall–Kier alpha value is -3.59. The second-order valence-corrected chi connectivity index (χ2v) is 8.72. The van der Waals surface area contributed by atoms with Crippen molar-refractivity contribution in [3.63, 3.8) is 0 Å². The lowest BCUT2D eigenvalue weighted by Crippen LogP contribution is -2.47. The number of piperidine rings is 1. The number of fused-ring (bicyclic) bond motifs is 2. The third-order valence-corrected chi connectivity index (χ3v) is 6.63. The van der Waals surface area contributed by atoms with Crippen LogP contribution >= 0.6 is 0 Å². The van der Waals surface area contributed by atoms with Crippen molar-refractivity contribution in [3.8, 4) is 11.5 Å². The number of rotatable bonds is 6. The van der Waals surface area contributed by atoms with Crippen molar-refractivity contribution in [2.75, 3.05) is 32.8 Å². The van der Waals surface area contributed by atoms with E-state index in [1.165, 1.54) is 4.90 Å². The fraction of sp³-hybridized carbons (Fsp3) is 0.400. The highest BCUT2D eigenvalue weighted by Crippen LogP contribution is 2.31. The summed E-state index contributed by atoms with van der Waals surface area (Å²) in [6.07, 6.45) is 4.06. The fourth-order valence-electron chi connectivity index (χ4n) is 4.81. The van der Waals surface area contributed by atoms with Gasteiger partial charge in [0.25, 0.3) is 5.56 Å². The molecule has 2 aliphatic heterocycles. The molecule has 4 heterocycles. The number of ether oxygens (including phenoxy) is 2. The van der Waals surface area contributed by atoms with Crippen LogP contribution in [0.5, 0.6) is 11.5 Å². The van der Waals surface area contributed by atoms with Crippen molar-refractivity contribution in [1.29, 1.82) is 0 Å². The number of likely N-dealkylation sites (tertiary alicyclic amines) is 1. The van der Waals surface area contributed by atoms with Crippen LogP contribution in [0.25, 0.3) is 10.9 Å². The van der Waals surface area contributed by atoms with E-state index in [4.69, 9.17) is 9.47 Å². The zero-order valence-electron chi connectivity index (χ0n) is 18.9. The normalized spacial score (nSPS) is 16.5. The Labute approximate surface area is 197 Å². The molecule has 3 aromatic rings. The summed E-state index contributed by atoms with van der Waals surface area (Å²) in [6.45, 7) is 4.25. The second kappa shape index (κ2) is 9.72. The zero-order chi connectivity index (χ0) is 23.5. The number of pyridine rings is 2. The Kier molecular flexibility index (Phi) is 6.35. The van der Waals surface area contributed by atoms with Gasteiger partial charge in [-0.1, -0.05) is 6.07 Å². The summed E-state index contributed by atoms with van der Waals surface area (Å²) in [7, 11) is 0. The lowest BCUT2D eigenvalue weighted by Gasteiger charge is -2.37. The van der Waals surface area contributed by atoms with Crippen molar-refractivity contribution in [2.45, 2.75) is 32.0 Å². The first-order valence-electron chi connectivity index (χ1n) is 11.6. The SMILES string of the molecule is O=C(O)N(Cc1ccc2c(c1)OCCO2)C1CCN(CCn2c(=O)ccc3cnccc32)CC1. The van der Waals surface area contributed by atoms with Crippen LogP contribution in [-0.4, -0.2) is 69.4 Å². The van der Waals surface area contributed by atoms with E-state index < -0.39 is 6.09 Å². The highest BCUT2D eigenvalue weighted by molar-refractivity contribution is 5.77. The Morgan fingerprint density at radius 3 is 2.65 bits per heavy atom. The first-order valence-corrected chi connectivity index (χ1v) is 11.6. The molecule has 9 heteroatoms. The lowest BCUT2D eigenvalue weighted by molar-refractivity contribution is 0.0856. The van der Waals surface area contributed by atoms with Gasteiger partial charge in [0.1, 0.15) is 13.2 Å². The molecule has 1 amide bonds. The first kappa shape index (κ1) is 22.2. The van der Waals surface area contributed by atoms with E-state index in [-0.39, 0.29) is 11.6 Å². The summed E-state index contributed by atoms with van der Waals surface area (Å²) >= 11 is 0. The predicted molar refractivity (Wildman–Crippen MR) is 126 cm³/mol. The van der Waals surface area contributed by atoms with Crippen molar-refractivity contribution in [1.82, 2.24) is 19.4 Å². The van der Waals surface area contributed by atoms with Crippen LogP contribution in [-0.2, 0) is 13.1 Å². The van der Waals surface area contributed by atoms with E-state index in [0.717, 1.165) is 48.9 Å². The van der Waals surface area contributed by atoms with E-state index in [0.29, 0.717) is 37.8 Å². The average Bonchev–Trinajstić information content (AvgIpc) is 2.87. The maximum absolute atomic E-state index is 12.4. The molecule has 0 aliphatic carbocycles. The quantitative estimate of drug-likeness (QED) is 0.599. The number of nitrogens with zero attached hydrogens (tertiary/aromatic N) is 4. The van der Waals surface area contributed by atoms with Crippen molar-refractivity contribution in [3.05, 3.63) is 64.7 Å². The van der Waals surface area contributed by atoms with Crippen molar-refractivity contribution >= 4 is 17.0 Å². The van der Waals surface area contributed by atoms with Gasteiger partial charge in [-0.25, -0.2) is 4.79 Å². The molecule has 34 heavy (non-hydrogen) atoms. The van der Waals surface area contributed by atoms with Crippen molar-refractivity contribution in [2.24, 2.45) is 0 Å². The molecule has 0 atom stereocenters. The molecule has 2 aromatic heterocycles. The lowest BCUT2D eigenvalue weighted by atomic mass is 10.0. The molecule has 178 valence electrons. The summed E-state index contributed by atoms with van der Waals surface area (Å²) in [5.74, 6) is 1.37. The van der Waals surface area contributed by atoms with Gasteiger partial charge in [0.2, 0.25) is 0 Å². The van der Waals surface area contributed by atoms with E-state index in [9.17, 15) is 14.7 Å². The summed E-state index contributed by atoms with van der Waals surface area (Å²) in [5.41, 5.74) is 1.75. The molecule has 0 bridgehead atoms. The van der Waals surface area contributed by atoms with Gasteiger partial charge in [0.15, 0.2) is 11.5 Å². The van der Waals surface area contributed by atoms with E-state index in [2.05, 4.69) is 9.88 Å². The Morgan fingerprint density at radius 1 is 1.06 bits per heavy atom. The van der Waals surface area contributed by atoms with Gasteiger partial charge in [-0.05, 0) is 42.7 Å². The van der Waals surface area contributed by atoms with E-state index >= 15 is 0 Å².